The summed E-state index contributed by atoms with van der Waals surface area (Å²) in [5.74, 6) is -0.0336. The van der Waals surface area contributed by atoms with E-state index in [4.69, 9.17) is 27.9 Å². The number of hydrogen-bond acceptors (Lipinski definition) is 2. The van der Waals surface area contributed by atoms with E-state index in [9.17, 15) is 8.60 Å². The topological polar surface area (TPSA) is 26.3 Å². The van der Waals surface area contributed by atoms with Crippen LogP contribution in [0.25, 0.3) is 0 Å². The molecule has 0 aromatic heterocycles. The summed E-state index contributed by atoms with van der Waals surface area (Å²) < 4.78 is 31.0. The molecule has 2 nitrogen and oxygen atoms in total. The molecule has 2 atom stereocenters. The molecule has 0 amide bonds. The van der Waals surface area contributed by atoms with Crippen LogP contribution in [0.1, 0.15) is 23.3 Å². The smallest absolute Gasteiger partial charge is 0.165 e. The normalized spacial score (nSPS) is 13.7. The van der Waals surface area contributed by atoms with E-state index in [-0.39, 0.29) is 16.8 Å². The lowest BCUT2D eigenvalue weighted by Gasteiger charge is -2.13. The molecule has 0 spiro atoms. The van der Waals surface area contributed by atoms with Gasteiger partial charge in [0.2, 0.25) is 0 Å². The molecule has 2 aromatic carbocycles. The van der Waals surface area contributed by atoms with Gasteiger partial charge in [0.05, 0.1) is 22.4 Å². The third kappa shape index (κ3) is 4.00. The van der Waals surface area contributed by atoms with Crippen molar-refractivity contribution >= 4 is 34.0 Å². The molecule has 22 heavy (non-hydrogen) atoms. The molecule has 2 rings (SSSR count). The van der Waals surface area contributed by atoms with Gasteiger partial charge in [-0.05, 0) is 42.3 Å². The molecule has 0 saturated carbocycles. The lowest BCUT2D eigenvalue weighted by molar-refractivity contribution is 0.386. The highest BCUT2D eigenvalue weighted by atomic mass is 35.5. The van der Waals surface area contributed by atoms with Crippen molar-refractivity contribution in [2.75, 3.05) is 7.11 Å². The minimum Gasteiger partial charge on any atom is -0.494 e. The van der Waals surface area contributed by atoms with Crippen LogP contribution in [0.5, 0.6) is 5.75 Å². The van der Waals surface area contributed by atoms with Gasteiger partial charge in [-0.15, -0.1) is 0 Å². The van der Waals surface area contributed by atoms with Crippen LogP contribution < -0.4 is 4.74 Å². The van der Waals surface area contributed by atoms with Gasteiger partial charge in [-0.3, -0.25) is 4.21 Å². The molecule has 118 valence electrons. The largest absolute Gasteiger partial charge is 0.494 e. The van der Waals surface area contributed by atoms with E-state index in [0.29, 0.717) is 15.6 Å². The Labute approximate surface area is 141 Å². The summed E-state index contributed by atoms with van der Waals surface area (Å²) in [5.41, 5.74) is 1.49. The van der Waals surface area contributed by atoms with Crippen LogP contribution in [-0.2, 0) is 16.6 Å². The monoisotopic (exact) mass is 360 g/mol. The molecule has 0 aliphatic rings. The molecule has 2 aromatic rings. The second kappa shape index (κ2) is 7.44. The second-order valence-corrected chi connectivity index (χ2v) is 7.38. The Morgan fingerprint density at radius 2 is 1.91 bits per heavy atom. The van der Waals surface area contributed by atoms with E-state index < -0.39 is 16.6 Å². The van der Waals surface area contributed by atoms with Crippen molar-refractivity contribution in [3.05, 3.63) is 63.4 Å². The number of hydrogen-bond donors (Lipinski definition) is 0. The van der Waals surface area contributed by atoms with Gasteiger partial charge in [0.1, 0.15) is 0 Å². The maximum absolute atomic E-state index is 13.7. The first-order valence-corrected chi connectivity index (χ1v) is 8.70. The van der Waals surface area contributed by atoms with Crippen LogP contribution in [0.4, 0.5) is 4.39 Å². The third-order valence-corrected chi connectivity index (χ3v) is 5.75. The molecule has 0 N–H and O–H groups in total. The van der Waals surface area contributed by atoms with Gasteiger partial charge in [-0.2, -0.15) is 0 Å². The predicted molar refractivity (Wildman–Crippen MR) is 89.7 cm³/mol. The molecule has 0 bridgehead atoms. The van der Waals surface area contributed by atoms with Crippen molar-refractivity contribution in [3.63, 3.8) is 0 Å². The average molecular weight is 361 g/mol. The highest BCUT2D eigenvalue weighted by molar-refractivity contribution is 7.84. The molecule has 0 radical (unpaired) electrons. The number of ether oxygens (including phenoxy) is 1. The summed E-state index contributed by atoms with van der Waals surface area (Å²) in [6, 6.07) is 9.78. The minimum atomic E-state index is -1.21. The van der Waals surface area contributed by atoms with Crippen molar-refractivity contribution in [3.8, 4) is 5.75 Å². The van der Waals surface area contributed by atoms with Gasteiger partial charge in [0.25, 0.3) is 0 Å². The first kappa shape index (κ1) is 17.3. The molecule has 0 heterocycles. The summed E-state index contributed by atoms with van der Waals surface area (Å²) in [7, 11) is 0.198. The average Bonchev–Trinajstić information content (AvgIpc) is 2.49. The highest BCUT2D eigenvalue weighted by Crippen LogP contribution is 2.29. The van der Waals surface area contributed by atoms with Gasteiger partial charge in [-0.1, -0.05) is 35.3 Å². The maximum atomic E-state index is 13.7. The quantitative estimate of drug-likeness (QED) is 0.736. The van der Waals surface area contributed by atoms with E-state index in [1.54, 1.807) is 24.3 Å². The van der Waals surface area contributed by atoms with Crippen LogP contribution in [0.3, 0.4) is 0 Å². The van der Waals surface area contributed by atoms with Crippen molar-refractivity contribution < 1.29 is 13.3 Å². The Hall–Kier alpha value is -1.10. The van der Waals surface area contributed by atoms with E-state index >= 15 is 0 Å². The molecular formula is C16H15Cl2FO2S. The number of methoxy groups -OCH3 is 1. The number of halogens is 3. The van der Waals surface area contributed by atoms with Crippen molar-refractivity contribution in [2.45, 2.75) is 17.9 Å². The Morgan fingerprint density at radius 1 is 1.18 bits per heavy atom. The zero-order valence-electron chi connectivity index (χ0n) is 12.1. The summed E-state index contributed by atoms with van der Waals surface area (Å²) in [6.07, 6.45) is 0. The van der Waals surface area contributed by atoms with Crippen molar-refractivity contribution in [1.29, 1.82) is 0 Å². The lowest BCUT2D eigenvalue weighted by atomic mass is 10.2. The fraction of sp³-hybridized carbons (Fsp3) is 0.250. The minimum absolute atomic E-state index is 0.173. The zero-order chi connectivity index (χ0) is 16.3. The SMILES string of the molecule is COc1ccc(C[S@@](=O)[C@@H](C)c2ccc(Cl)c(Cl)c2)cc1F. The molecule has 6 heteroatoms. The maximum Gasteiger partial charge on any atom is 0.165 e. The van der Waals surface area contributed by atoms with E-state index in [1.807, 2.05) is 6.92 Å². The summed E-state index contributed by atoms with van der Waals surface area (Å²) in [5, 5.41) is 0.652. The molecule has 0 saturated heterocycles. The molecule has 0 aliphatic heterocycles. The van der Waals surface area contributed by atoms with Crippen LogP contribution in [0, 0.1) is 5.82 Å². The summed E-state index contributed by atoms with van der Waals surface area (Å²) in [4.78, 5) is 0. The fourth-order valence-corrected chi connectivity index (χ4v) is 3.52. The third-order valence-electron chi connectivity index (χ3n) is 3.33. The Balaban J connectivity index is 2.14. The number of rotatable bonds is 5. The van der Waals surface area contributed by atoms with Crippen LogP contribution in [0.15, 0.2) is 36.4 Å². The Bertz CT molecular complexity index is 707. The molecular weight excluding hydrogens is 346 g/mol. The predicted octanol–water partition coefficient (Wildman–Crippen LogP) is 5.15. The van der Waals surface area contributed by atoms with Gasteiger partial charge in [0.15, 0.2) is 11.6 Å². The first-order chi connectivity index (χ1) is 10.4. The van der Waals surface area contributed by atoms with Crippen LogP contribution >= 0.6 is 23.2 Å². The van der Waals surface area contributed by atoms with E-state index in [1.165, 1.54) is 19.2 Å². The van der Waals surface area contributed by atoms with Gasteiger partial charge >= 0.3 is 0 Å². The lowest BCUT2D eigenvalue weighted by Crippen LogP contribution is -2.06. The van der Waals surface area contributed by atoms with E-state index in [2.05, 4.69) is 0 Å². The second-order valence-electron chi connectivity index (χ2n) is 4.81. The number of benzene rings is 2. The first-order valence-electron chi connectivity index (χ1n) is 6.57. The van der Waals surface area contributed by atoms with E-state index in [0.717, 1.165) is 5.56 Å². The standard InChI is InChI=1S/C16H15Cl2FO2S/c1-10(12-4-5-13(17)14(18)8-12)22(20)9-11-3-6-16(21-2)15(19)7-11/h3-8,10H,9H2,1-2H3/t10-,22+/m0/s1. The van der Waals surface area contributed by atoms with Gasteiger partial charge in [0, 0.05) is 16.6 Å². The molecule has 0 aliphatic carbocycles. The summed E-state index contributed by atoms with van der Waals surface area (Å²) in [6.45, 7) is 1.84. The van der Waals surface area contributed by atoms with Crippen LogP contribution in [-0.4, -0.2) is 11.3 Å². The highest BCUT2D eigenvalue weighted by Gasteiger charge is 2.16. The molecule has 0 fully saturated rings. The van der Waals surface area contributed by atoms with Crippen LogP contribution in [0.2, 0.25) is 10.0 Å². The fourth-order valence-electron chi connectivity index (χ4n) is 2.01. The Kier molecular flexibility index (Phi) is 5.84. The molecule has 0 unspecified atom stereocenters. The zero-order valence-corrected chi connectivity index (χ0v) is 14.4. The van der Waals surface area contributed by atoms with Crippen molar-refractivity contribution in [2.24, 2.45) is 0 Å². The van der Waals surface area contributed by atoms with Crippen molar-refractivity contribution in [1.82, 2.24) is 0 Å². The van der Waals surface area contributed by atoms with Gasteiger partial charge < -0.3 is 4.74 Å². The van der Waals surface area contributed by atoms with Gasteiger partial charge in [-0.25, -0.2) is 4.39 Å². The summed E-state index contributed by atoms with van der Waals surface area (Å²) >= 11 is 11.9. The Morgan fingerprint density at radius 3 is 2.50 bits per heavy atom.